The van der Waals surface area contributed by atoms with Gasteiger partial charge in [0.1, 0.15) is 0 Å². The summed E-state index contributed by atoms with van der Waals surface area (Å²) in [5.74, 6) is 1.55. The van der Waals surface area contributed by atoms with Gasteiger partial charge in [0.05, 0.1) is 4.90 Å². The van der Waals surface area contributed by atoms with Crippen LogP contribution in [0.4, 0.5) is 0 Å². The maximum atomic E-state index is 8.50. The summed E-state index contributed by atoms with van der Waals surface area (Å²) in [6, 6.07) is 7.39. The summed E-state index contributed by atoms with van der Waals surface area (Å²) < 4.78 is 0. The van der Waals surface area contributed by atoms with E-state index in [0.717, 1.165) is 10.6 Å². The zero-order valence-corrected chi connectivity index (χ0v) is 8.32. The third-order valence-corrected chi connectivity index (χ3v) is 3.68. The number of hydrogen-bond donors (Lipinski definition) is 1. The Morgan fingerprint density at radius 1 is 1.42 bits per heavy atom. The lowest BCUT2D eigenvalue weighted by Gasteiger charge is -2.02. The molecule has 0 unspecified atom stereocenters. The van der Waals surface area contributed by atoms with E-state index in [1.54, 1.807) is 27.7 Å². The van der Waals surface area contributed by atoms with Gasteiger partial charge < -0.3 is 4.89 Å². The van der Waals surface area contributed by atoms with Crippen molar-refractivity contribution in [2.75, 3.05) is 5.75 Å². The largest absolute Gasteiger partial charge is 0.339 e. The molecule has 0 aliphatic rings. The predicted octanol–water partition coefficient (Wildman–Crippen LogP) is 3.30. The van der Waals surface area contributed by atoms with Gasteiger partial charge in [-0.2, -0.15) is 0 Å². The van der Waals surface area contributed by atoms with Crippen molar-refractivity contribution in [3.8, 4) is 5.75 Å². The Labute approximate surface area is 79.6 Å². The monoisotopic (exact) mass is 202 g/mol. The lowest BCUT2D eigenvalue weighted by molar-refractivity contribution is -0.140. The van der Waals surface area contributed by atoms with Crippen LogP contribution in [0.15, 0.2) is 29.2 Å². The highest BCUT2D eigenvalue weighted by Crippen LogP contribution is 2.36. The molecule has 12 heavy (non-hydrogen) atoms. The van der Waals surface area contributed by atoms with Gasteiger partial charge in [0.2, 0.25) is 0 Å². The van der Waals surface area contributed by atoms with Crippen LogP contribution in [-0.4, -0.2) is 11.0 Å². The number of benzene rings is 1. The number of rotatable bonds is 4. The minimum atomic E-state index is 0.517. The van der Waals surface area contributed by atoms with Crippen molar-refractivity contribution in [2.24, 2.45) is 0 Å². The first kappa shape index (κ1) is 9.77. The smallest absolute Gasteiger partial charge is 0.179 e. The molecule has 66 valence electrons. The second kappa shape index (κ2) is 5.35. The fourth-order valence-corrected chi connectivity index (χ4v) is 2.43. The minimum absolute atomic E-state index is 0.517. The molecule has 0 heterocycles. The minimum Gasteiger partial charge on any atom is -0.339 e. The van der Waals surface area contributed by atoms with Crippen molar-refractivity contribution in [2.45, 2.75) is 11.8 Å². The maximum absolute atomic E-state index is 8.50. The van der Waals surface area contributed by atoms with Crippen molar-refractivity contribution >= 4 is 21.6 Å². The summed E-state index contributed by atoms with van der Waals surface area (Å²) in [7, 11) is 3.32. The molecule has 2 nitrogen and oxygen atoms in total. The van der Waals surface area contributed by atoms with Crippen LogP contribution in [0, 0.1) is 0 Å². The zero-order valence-electron chi connectivity index (χ0n) is 6.69. The molecular weight excluding hydrogens is 192 g/mol. The van der Waals surface area contributed by atoms with E-state index in [9.17, 15) is 0 Å². The van der Waals surface area contributed by atoms with Crippen LogP contribution in [0.5, 0.6) is 5.75 Å². The molecule has 0 radical (unpaired) electrons. The van der Waals surface area contributed by atoms with Crippen LogP contribution in [0.25, 0.3) is 0 Å². The lowest BCUT2D eigenvalue weighted by atomic mass is 10.3. The Morgan fingerprint density at radius 3 is 2.83 bits per heavy atom. The fraction of sp³-hybridized carbons (Fsp3) is 0.250. The number of para-hydroxylation sites is 1. The standard InChI is InChI=1S/C8H10O2S2/c1-2-11-12-8-6-4-3-5-7(8)10-9/h3-6,9H,2H2,1H3. The highest BCUT2D eigenvalue weighted by atomic mass is 33.1. The molecular formula is C8H10O2S2. The van der Waals surface area contributed by atoms with Crippen LogP contribution in [-0.2, 0) is 0 Å². The van der Waals surface area contributed by atoms with Gasteiger partial charge in [-0.05, 0) is 12.1 Å². The van der Waals surface area contributed by atoms with Gasteiger partial charge >= 0.3 is 0 Å². The van der Waals surface area contributed by atoms with Gasteiger partial charge in [-0.1, -0.05) is 40.6 Å². The van der Waals surface area contributed by atoms with E-state index in [1.807, 2.05) is 18.2 Å². The summed E-state index contributed by atoms with van der Waals surface area (Å²) in [5, 5.41) is 8.50. The molecule has 0 saturated carbocycles. The third-order valence-electron chi connectivity index (χ3n) is 1.21. The molecule has 0 aromatic heterocycles. The summed E-state index contributed by atoms with van der Waals surface area (Å²) in [5.41, 5.74) is 0. The summed E-state index contributed by atoms with van der Waals surface area (Å²) >= 11 is 0. The van der Waals surface area contributed by atoms with E-state index in [4.69, 9.17) is 5.26 Å². The Hall–Kier alpha value is -0.320. The van der Waals surface area contributed by atoms with Crippen LogP contribution < -0.4 is 4.89 Å². The molecule has 1 rings (SSSR count). The topological polar surface area (TPSA) is 29.5 Å². The van der Waals surface area contributed by atoms with Gasteiger partial charge in [-0.3, -0.25) is 0 Å². The van der Waals surface area contributed by atoms with E-state index in [0.29, 0.717) is 5.75 Å². The molecule has 0 saturated heterocycles. The van der Waals surface area contributed by atoms with Crippen LogP contribution in [0.1, 0.15) is 6.92 Å². The highest BCUT2D eigenvalue weighted by Gasteiger charge is 2.02. The second-order valence-corrected chi connectivity index (χ2v) is 4.65. The zero-order chi connectivity index (χ0) is 8.81. The third kappa shape index (κ3) is 2.62. The van der Waals surface area contributed by atoms with Crippen LogP contribution in [0.2, 0.25) is 0 Å². The SMILES string of the molecule is CCSSc1ccccc1OO. The van der Waals surface area contributed by atoms with E-state index < -0.39 is 0 Å². The molecule has 0 bridgehead atoms. The first-order valence-corrected chi connectivity index (χ1v) is 5.90. The van der Waals surface area contributed by atoms with Crippen molar-refractivity contribution in [1.82, 2.24) is 0 Å². The molecule has 0 amide bonds. The van der Waals surface area contributed by atoms with E-state index in [-0.39, 0.29) is 0 Å². The maximum Gasteiger partial charge on any atom is 0.179 e. The van der Waals surface area contributed by atoms with Crippen molar-refractivity contribution < 1.29 is 10.1 Å². The van der Waals surface area contributed by atoms with Gasteiger partial charge in [-0.15, -0.1) is 0 Å². The van der Waals surface area contributed by atoms with E-state index >= 15 is 0 Å². The average Bonchev–Trinajstić information content (AvgIpc) is 2.15. The fourth-order valence-electron chi connectivity index (χ4n) is 0.717. The Kier molecular flexibility index (Phi) is 4.35. The van der Waals surface area contributed by atoms with Crippen molar-refractivity contribution in [1.29, 1.82) is 0 Å². The Bertz CT molecular complexity index is 240. The molecule has 0 aliphatic heterocycles. The first-order valence-electron chi connectivity index (χ1n) is 3.58. The second-order valence-electron chi connectivity index (χ2n) is 2.03. The molecule has 0 aliphatic carbocycles. The molecule has 0 spiro atoms. The molecule has 1 N–H and O–H groups in total. The van der Waals surface area contributed by atoms with Gasteiger partial charge in [-0.25, -0.2) is 5.26 Å². The molecule has 1 aromatic carbocycles. The first-order chi connectivity index (χ1) is 5.88. The molecule has 4 heteroatoms. The van der Waals surface area contributed by atoms with E-state index in [1.165, 1.54) is 0 Å². The van der Waals surface area contributed by atoms with Gasteiger partial charge in [0.25, 0.3) is 0 Å². The quantitative estimate of drug-likeness (QED) is 0.461. The lowest BCUT2D eigenvalue weighted by Crippen LogP contribution is -1.84. The average molecular weight is 202 g/mol. The molecule has 1 aromatic rings. The van der Waals surface area contributed by atoms with Crippen LogP contribution >= 0.6 is 21.6 Å². The molecule has 0 atom stereocenters. The summed E-state index contributed by atoms with van der Waals surface area (Å²) in [6.45, 7) is 2.08. The number of hydrogen-bond acceptors (Lipinski definition) is 4. The highest BCUT2D eigenvalue weighted by molar-refractivity contribution is 8.76. The normalized spacial score (nSPS) is 9.83. The van der Waals surface area contributed by atoms with Crippen molar-refractivity contribution in [3.63, 3.8) is 0 Å². The Morgan fingerprint density at radius 2 is 2.17 bits per heavy atom. The van der Waals surface area contributed by atoms with E-state index in [2.05, 4.69) is 11.8 Å². The molecule has 0 fully saturated rings. The van der Waals surface area contributed by atoms with Crippen LogP contribution in [0.3, 0.4) is 0 Å². The predicted molar refractivity (Wildman–Crippen MR) is 53.7 cm³/mol. The van der Waals surface area contributed by atoms with Gasteiger partial charge in [0, 0.05) is 5.75 Å². The van der Waals surface area contributed by atoms with Crippen molar-refractivity contribution in [3.05, 3.63) is 24.3 Å². The van der Waals surface area contributed by atoms with Gasteiger partial charge in [0.15, 0.2) is 5.75 Å². The summed E-state index contributed by atoms with van der Waals surface area (Å²) in [6.07, 6.45) is 0. The summed E-state index contributed by atoms with van der Waals surface area (Å²) in [4.78, 5) is 5.16. The Balaban J connectivity index is 2.68.